The normalized spacial score (nSPS) is 10.0. The molecule has 0 amide bonds. The fourth-order valence-corrected chi connectivity index (χ4v) is 1.68. The highest BCUT2D eigenvalue weighted by Crippen LogP contribution is 2.13. The number of aromatic nitrogens is 1. The Bertz CT molecular complexity index is 181. The molecule has 0 N–H and O–H groups in total. The van der Waals surface area contributed by atoms with Crippen LogP contribution in [0.4, 0.5) is 0 Å². The van der Waals surface area contributed by atoms with Crippen LogP contribution >= 0.6 is 11.3 Å². The van der Waals surface area contributed by atoms with Gasteiger partial charge in [0.2, 0.25) is 0 Å². The van der Waals surface area contributed by atoms with E-state index in [0.29, 0.717) is 0 Å². The van der Waals surface area contributed by atoms with E-state index in [1.807, 2.05) is 5.51 Å². The van der Waals surface area contributed by atoms with E-state index in [9.17, 15) is 0 Å². The topological polar surface area (TPSA) is 12.9 Å². The minimum Gasteiger partial charge on any atom is -0.250 e. The standard InChI is InChI=1S/C7H11NS/c1-3-4-7-6(2)8-5-9-7/h5H,3-4H2,1-2H3. The summed E-state index contributed by atoms with van der Waals surface area (Å²) in [6.45, 7) is 4.26. The zero-order valence-corrected chi connectivity index (χ0v) is 6.66. The molecular weight excluding hydrogens is 130 g/mol. The van der Waals surface area contributed by atoms with E-state index < -0.39 is 0 Å². The van der Waals surface area contributed by atoms with Crippen molar-refractivity contribution in [3.8, 4) is 0 Å². The summed E-state index contributed by atoms with van der Waals surface area (Å²) in [5.74, 6) is 0. The number of aryl methyl sites for hydroxylation is 2. The molecule has 50 valence electrons. The Labute approximate surface area is 59.8 Å². The summed E-state index contributed by atoms with van der Waals surface area (Å²) >= 11 is 1.76. The molecule has 0 aromatic carbocycles. The second-order valence-corrected chi connectivity index (χ2v) is 3.05. The van der Waals surface area contributed by atoms with Gasteiger partial charge in [-0.25, -0.2) is 4.98 Å². The Morgan fingerprint density at radius 2 is 2.44 bits per heavy atom. The second kappa shape index (κ2) is 2.97. The number of hydrogen-bond donors (Lipinski definition) is 0. The van der Waals surface area contributed by atoms with Gasteiger partial charge < -0.3 is 0 Å². The summed E-state index contributed by atoms with van der Waals surface area (Å²) in [5, 5.41) is 0. The molecule has 0 saturated carbocycles. The molecule has 0 aliphatic carbocycles. The van der Waals surface area contributed by atoms with Crippen LogP contribution in [0.1, 0.15) is 23.9 Å². The van der Waals surface area contributed by atoms with Crippen molar-refractivity contribution in [2.45, 2.75) is 26.7 Å². The summed E-state index contributed by atoms with van der Waals surface area (Å²) in [6, 6.07) is 0. The number of rotatable bonds is 2. The van der Waals surface area contributed by atoms with Crippen LogP contribution in [0.25, 0.3) is 0 Å². The maximum atomic E-state index is 4.15. The molecule has 0 aliphatic rings. The van der Waals surface area contributed by atoms with E-state index in [-0.39, 0.29) is 0 Å². The number of nitrogens with zero attached hydrogens (tertiary/aromatic N) is 1. The van der Waals surface area contributed by atoms with Gasteiger partial charge in [0.15, 0.2) is 0 Å². The molecule has 0 radical (unpaired) electrons. The van der Waals surface area contributed by atoms with Crippen LogP contribution in [-0.2, 0) is 6.42 Å². The zero-order valence-electron chi connectivity index (χ0n) is 5.85. The van der Waals surface area contributed by atoms with Gasteiger partial charge >= 0.3 is 0 Å². The van der Waals surface area contributed by atoms with Gasteiger partial charge in [0.25, 0.3) is 0 Å². The van der Waals surface area contributed by atoms with E-state index in [1.54, 1.807) is 11.3 Å². The van der Waals surface area contributed by atoms with Crippen molar-refractivity contribution >= 4 is 11.3 Å². The van der Waals surface area contributed by atoms with Gasteiger partial charge in [-0.2, -0.15) is 0 Å². The maximum absolute atomic E-state index is 4.15. The number of thiazole rings is 1. The number of hydrogen-bond acceptors (Lipinski definition) is 2. The molecule has 0 bridgehead atoms. The molecule has 1 rings (SSSR count). The summed E-state index contributed by atoms with van der Waals surface area (Å²) in [7, 11) is 0. The Morgan fingerprint density at radius 3 is 2.89 bits per heavy atom. The van der Waals surface area contributed by atoms with Crippen LogP contribution in [-0.4, -0.2) is 4.98 Å². The fraction of sp³-hybridized carbons (Fsp3) is 0.571. The monoisotopic (exact) mass is 141 g/mol. The van der Waals surface area contributed by atoms with Gasteiger partial charge in [-0.3, -0.25) is 0 Å². The van der Waals surface area contributed by atoms with E-state index in [2.05, 4.69) is 18.8 Å². The van der Waals surface area contributed by atoms with E-state index >= 15 is 0 Å². The summed E-state index contributed by atoms with van der Waals surface area (Å²) in [5.41, 5.74) is 3.13. The summed E-state index contributed by atoms with van der Waals surface area (Å²) in [4.78, 5) is 5.60. The second-order valence-electron chi connectivity index (χ2n) is 2.11. The predicted molar refractivity (Wildman–Crippen MR) is 40.8 cm³/mol. The lowest BCUT2D eigenvalue weighted by Gasteiger charge is -1.90. The highest BCUT2D eigenvalue weighted by Gasteiger charge is 1.96. The van der Waals surface area contributed by atoms with Crippen LogP contribution in [0.2, 0.25) is 0 Å². The third kappa shape index (κ3) is 1.52. The lowest BCUT2D eigenvalue weighted by atomic mass is 10.2. The van der Waals surface area contributed by atoms with Crippen LogP contribution in [0, 0.1) is 6.92 Å². The van der Waals surface area contributed by atoms with Gasteiger partial charge in [0.05, 0.1) is 11.2 Å². The fourth-order valence-electron chi connectivity index (χ4n) is 0.793. The molecule has 0 unspecified atom stereocenters. The van der Waals surface area contributed by atoms with Gasteiger partial charge in [-0.1, -0.05) is 13.3 Å². The zero-order chi connectivity index (χ0) is 6.69. The molecule has 1 heterocycles. The van der Waals surface area contributed by atoms with Gasteiger partial charge in [0, 0.05) is 4.88 Å². The molecule has 0 spiro atoms. The molecule has 1 aromatic heterocycles. The molecule has 1 nitrogen and oxygen atoms in total. The lowest BCUT2D eigenvalue weighted by molar-refractivity contribution is 0.925. The Morgan fingerprint density at radius 1 is 1.67 bits per heavy atom. The minimum atomic E-state index is 1.19. The maximum Gasteiger partial charge on any atom is 0.0797 e. The third-order valence-corrected chi connectivity index (χ3v) is 2.32. The highest BCUT2D eigenvalue weighted by atomic mass is 32.1. The van der Waals surface area contributed by atoms with Crippen molar-refractivity contribution in [2.75, 3.05) is 0 Å². The lowest BCUT2D eigenvalue weighted by Crippen LogP contribution is -1.80. The van der Waals surface area contributed by atoms with Crippen molar-refractivity contribution in [1.82, 2.24) is 4.98 Å². The Balaban J connectivity index is 2.69. The molecule has 0 atom stereocenters. The van der Waals surface area contributed by atoms with Crippen LogP contribution < -0.4 is 0 Å². The van der Waals surface area contributed by atoms with Crippen LogP contribution in [0.15, 0.2) is 5.51 Å². The average molecular weight is 141 g/mol. The summed E-state index contributed by atoms with van der Waals surface area (Å²) < 4.78 is 0. The van der Waals surface area contributed by atoms with E-state index in [4.69, 9.17) is 0 Å². The van der Waals surface area contributed by atoms with Gasteiger partial charge in [0.1, 0.15) is 0 Å². The largest absolute Gasteiger partial charge is 0.250 e. The predicted octanol–water partition coefficient (Wildman–Crippen LogP) is 2.40. The minimum absolute atomic E-state index is 1.19. The van der Waals surface area contributed by atoms with E-state index in [1.165, 1.54) is 23.4 Å². The molecule has 0 aliphatic heterocycles. The Hall–Kier alpha value is -0.370. The molecule has 1 aromatic rings. The Kier molecular flexibility index (Phi) is 2.22. The van der Waals surface area contributed by atoms with Crippen LogP contribution in [0.3, 0.4) is 0 Å². The highest BCUT2D eigenvalue weighted by molar-refractivity contribution is 7.09. The van der Waals surface area contributed by atoms with Gasteiger partial charge in [-0.15, -0.1) is 11.3 Å². The van der Waals surface area contributed by atoms with E-state index in [0.717, 1.165) is 0 Å². The van der Waals surface area contributed by atoms with Crippen molar-refractivity contribution in [1.29, 1.82) is 0 Å². The summed E-state index contributed by atoms with van der Waals surface area (Å²) in [6.07, 6.45) is 2.42. The van der Waals surface area contributed by atoms with Gasteiger partial charge in [-0.05, 0) is 13.3 Å². The third-order valence-electron chi connectivity index (χ3n) is 1.32. The first-order valence-corrected chi connectivity index (χ1v) is 4.11. The van der Waals surface area contributed by atoms with Crippen molar-refractivity contribution in [3.63, 3.8) is 0 Å². The smallest absolute Gasteiger partial charge is 0.0797 e. The molecule has 0 fully saturated rings. The first kappa shape index (κ1) is 6.75. The first-order valence-electron chi connectivity index (χ1n) is 3.23. The SMILES string of the molecule is CCCc1scnc1C. The van der Waals surface area contributed by atoms with Crippen molar-refractivity contribution in [2.24, 2.45) is 0 Å². The average Bonchev–Trinajstić information content (AvgIpc) is 2.18. The quantitative estimate of drug-likeness (QED) is 0.616. The molecule has 0 saturated heterocycles. The molecule has 9 heavy (non-hydrogen) atoms. The molecular formula is C7H11NS. The first-order chi connectivity index (χ1) is 4.34. The van der Waals surface area contributed by atoms with Crippen molar-refractivity contribution < 1.29 is 0 Å². The van der Waals surface area contributed by atoms with Crippen LogP contribution in [0.5, 0.6) is 0 Å². The van der Waals surface area contributed by atoms with Crippen molar-refractivity contribution in [3.05, 3.63) is 16.1 Å². The molecule has 2 heteroatoms.